The molecule has 1 aliphatic carbocycles. The third-order valence-corrected chi connectivity index (χ3v) is 3.10. The van der Waals surface area contributed by atoms with E-state index in [2.05, 4.69) is 20.5 Å². The molecule has 2 N–H and O–H groups in total. The van der Waals surface area contributed by atoms with Crippen molar-refractivity contribution in [3.05, 3.63) is 12.4 Å². The van der Waals surface area contributed by atoms with E-state index in [1.165, 1.54) is 30.8 Å². The second-order valence-corrected chi connectivity index (χ2v) is 4.58. The zero-order chi connectivity index (χ0) is 13.7. The summed E-state index contributed by atoms with van der Waals surface area (Å²) in [6, 6.07) is 0.0367. The molecule has 1 aliphatic rings. The molecular formula is C12H18N4O3. The number of carbonyl (C=O) groups excluding carboxylic acids is 2. The lowest BCUT2D eigenvalue weighted by atomic mass is 10.2. The van der Waals surface area contributed by atoms with Crippen LogP contribution in [0.3, 0.4) is 0 Å². The number of hydrogen-bond donors (Lipinski definition) is 2. The molecule has 7 nitrogen and oxygen atoms in total. The standard InChI is InChI=1S/C12H18N4O3/c1-19-11(17)8-16-7-10(6-13-16)15-12(18)14-9-4-2-3-5-9/h6-7,9H,2-5,8H2,1H3,(H2,14,15,18). The topological polar surface area (TPSA) is 85.2 Å². The molecule has 0 aromatic carbocycles. The van der Waals surface area contributed by atoms with E-state index in [9.17, 15) is 9.59 Å². The van der Waals surface area contributed by atoms with Crippen molar-refractivity contribution in [1.29, 1.82) is 0 Å². The van der Waals surface area contributed by atoms with E-state index in [-0.39, 0.29) is 24.6 Å². The predicted molar refractivity (Wildman–Crippen MR) is 68.7 cm³/mol. The molecule has 0 aliphatic heterocycles. The van der Waals surface area contributed by atoms with Crippen LogP contribution in [0.2, 0.25) is 0 Å². The maximum atomic E-state index is 11.7. The lowest BCUT2D eigenvalue weighted by Crippen LogP contribution is -2.36. The first-order chi connectivity index (χ1) is 9.17. The quantitative estimate of drug-likeness (QED) is 0.800. The molecule has 0 spiro atoms. The molecule has 0 unspecified atom stereocenters. The van der Waals surface area contributed by atoms with Crippen LogP contribution in [0.25, 0.3) is 0 Å². The van der Waals surface area contributed by atoms with Crippen LogP contribution < -0.4 is 10.6 Å². The highest BCUT2D eigenvalue weighted by Gasteiger charge is 2.17. The highest BCUT2D eigenvalue weighted by atomic mass is 16.5. The van der Waals surface area contributed by atoms with Crippen molar-refractivity contribution >= 4 is 17.7 Å². The highest BCUT2D eigenvalue weighted by molar-refractivity contribution is 5.89. The summed E-state index contributed by atoms with van der Waals surface area (Å²) in [4.78, 5) is 22.8. The molecule has 0 atom stereocenters. The number of anilines is 1. The summed E-state index contributed by atoms with van der Waals surface area (Å²) in [5.41, 5.74) is 0.555. The number of urea groups is 1. The van der Waals surface area contributed by atoms with Gasteiger partial charge in [-0.25, -0.2) is 4.79 Å². The second kappa shape index (κ2) is 6.21. The Morgan fingerprint density at radius 1 is 1.47 bits per heavy atom. The van der Waals surface area contributed by atoms with Crippen LogP contribution in [0.15, 0.2) is 12.4 Å². The summed E-state index contributed by atoms with van der Waals surface area (Å²) in [5.74, 6) is -0.384. The third kappa shape index (κ3) is 3.97. The van der Waals surface area contributed by atoms with Gasteiger partial charge in [0.15, 0.2) is 0 Å². The van der Waals surface area contributed by atoms with Gasteiger partial charge in [-0.15, -0.1) is 0 Å². The Bertz CT molecular complexity index is 452. The van der Waals surface area contributed by atoms with Crippen LogP contribution in [-0.2, 0) is 16.1 Å². The zero-order valence-corrected chi connectivity index (χ0v) is 10.9. The van der Waals surface area contributed by atoms with Crippen LogP contribution in [0, 0.1) is 0 Å². The third-order valence-electron chi connectivity index (χ3n) is 3.10. The first kappa shape index (κ1) is 13.4. The number of hydrogen-bond acceptors (Lipinski definition) is 4. The molecule has 1 heterocycles. The number of aromatic nitrogens is 2. The fraction of sp³-hybridized carbons (Fsp3) is 0.583. The fourth-order valence-corrected chi connectivity index (χ4v) is 2.13. The number of amides is 2. The average molecular weight is 266 g/mol. The van der Waals surface area contributed by atoms with Crippen molar-refractivity contribution in [2.24, 2.45) is 0 Å². The smallest absolute Gasteiger partial charge is 0.327 e. The maximum absolute atomic E-state index is 11.7. The Balaban J connectivity index is 1.81. The van der Waals surface area contributed by atoms with Gasteiger partial charge in [-0.1, -0.05) is 12.8 Å². The molecule has 0 radical (unpaired) electrons. The first-order valence-corrected chi connectivity index (χ1v) is 6.34. The largest absolute Gasteiger partial charge is 0.468 e. The predicted octanol–water partition coefficient (Wildman–Crippen LogP) is 1.12. The number of nitrogens with one attached hydrogen (secondary N) is 2. The number of esters is 1. The van der Waals surface area contributed by atoms with Crippen LogP contribution in [0.1, 0.15) is 25.7 Å². The van der Waals surface area contributed by atoms with E-state index >= 15 is 0 Å². The monoisotopic (exact) mass is 266 g/mol. The van der Waals surface area contributed by atoms with E-state index in [0.29, 0.717) is 5.69 Å². The molecular weight excluding hydrogens is 248 g/mol. The second-order valence-electron chi connectivity index (χ2n) is 4.58. The van der Waals surface area contributed by atoms with Gasteiger partial charge in [0.25, 0.3) is 0 Å². The molecule has 2 rings (SSSR count). The molecule has 1 fully saturated rings. The minimum Gasteiger partial charge on any atom is -0.468 e. The minimum absolute atomic E-state index is 0.0302. The molecule has 0 saturated heterocycles. The molecule has 1 saturated carbocycles. The van der Waals surface area contributed by atoms with E-state index in [4.69, 9.17) is 0 Å². The summed E-state index contributed by atoms with van der Waals surface area (Å²) in [6.45, 7) is 0.0302. The van der Waals surface area contributed by atoms with Crippen LogP contribution >= 0.6 is 0 Å². The number of methoxy groups -OCH3 is 1. The van der Waals surface area contributed by atoms with Crippen LogP contribution in [0.4, 0.5) is 10.5 Å². The van der Waals surface area contributed by atoms with Gasteiger partial charge in [-0.2, -0.15) is 5.10 Å². The molecule has 1 aromatic rings. The first-order valence-electron chi connectivity index (χ1n) is 6.34. The molecule has 7 heteroatoms. The number of nitrogens with zero attached hydrogens (tertiary/aromatic N) is 2. The number of carbonyl (C=O) groups is 2. The van der Waals surface area contributed by atoms with E-state index in [1.807, 2.05) is 0 Å². The fourth-order valence-electron chi connectivity index (χ4n) is 2.13. The van der Waals surface area contributed by atoms with Crippen molar-refractivity contribution < 1.29 is 14.3 Å². The summed E-state index contributed by atoms with van der Waals surface area (Å²) in [5, 5.41) is 9.57. The van der Waals surface area contributed by atoms with Gasteiger partial charge in [0.05, 0.1) is 19.0 Å². The Hall–Kier alpha value is -2.05. The van der Waals surface area contributed by atoms with Gasteiger partial charge >= 0.3 is 12.0 Å². The highest BCUT2D eigenvalue weighted by Crippen LogP contribution is 2.17. The van der Waals surface area contributed by atoms with Gasteiger partial charge in [0, 0.05) is 12.2 Å². The van der Waals surface area contributed by atoms with Gasteiger partial charge in [0.1, 0.15) is 6.54 Å². The molecule has 104 valence electrons. The van der Waals surface area contributed by atoms with Crippen molar-refractivity contribution in [2.45, 2.75) is 38.3 Å². The van der Waals surface area contributed by atoms with Crippen LogP contribution in [-0.4, -0.2) is 34.9 Å². The molecule has 0 bridgehead atoms. The van der Waals surface area contributed by atoms with Crippen molar-refractivity contribution in [2.75, 3.05) is 12.4 Å². The molecule has 2 amide bonds. The van der Waals surface area contributed by atoms with Crippen molar-refractivity contribution in [3.8, 4) is 0 Å². The van der Waals surface area contributed by atoms with Gasteiger partial charge in [-0.3, -0.25) is 9.48 Å². The summed E-state index contributed by atoms with van der Waals surface area (Å²) >= 11 is 0. The van der Waals surface area contributed by atoms with Gasteiger partial charge in [-0.05, 0) is 12.8 Å². The summed E-state index contributed by atoms with van der Waals surface area (Å²) < 4.78 is 5.95. The SMILES string of the molecule is COC(=O)Cn1cc(NC(=O)NC2CCCC2)cn1. The Morgan fingerprint density at radius 3 is 2.89 bits per heavy atom. The van der Waals surface area contributed by atoms with E-state index in [1.54, 1.807) is 6.20 Å². The van der Waals surface area contributed by atoms with Crippen molar-refractivity contribution in [3.63, 3.8) is 0 Å². The van der Waals surface area contributed by atoms with Gasteiger partial charge < -0.3 is 15.4 Å². The van der Waals surface area contributed by atoms with E-state index in [0.717, 1.165) is 12.8 Å². The normalized spacial score (nSPS) is 15.2. The average Bonchev–Trinajstić information content (AvgIpc) is 3.01. The molecule has 19 heavy (non-hydrogen) atoms. The molecule has 1 aromatic heterocycles. The summed E-state index contributed by atoms with van der Waals surface area (Å²) in [7, 11) is 1.32. The Morgan fingerprint density at radius 2 is 2.21 bits per heavy atom. The van der Waals surface area contributed by atoms with Crippen molar-refractivity contribution in [1.82, 2.24) is 15.1 Å². The zero-order valence-electron chi connectivity index (χ0n) is 10.9. The maximum Gasteiger partial charge on any atom is 0.327 e. The lowest BCUT2D eigenvalue weighted by molar-refractivity contribution is -0.141. The van der Waals surface area contributed by atoms with E-state index < -0.39 is 0 Å². The summed E-state index contributed by atoms with van der Waals surface area (Å²) in [6.07, 6.45) is 7.50. The van der Waals surface area contributed by atoms with Crippen LogP contribution in [0.5, 0.6) is 0 Å². The van der Waals surface area contributed by atoms with Gasteiger partial charge in [0.2, 0.25) is 0 Å². The Kier molecular flexibility index (Phi) is 4.38. The lowest BCUT2D eigenvalue weighted by Gasteiger charge is -2.11. The number of ether oxygens (including phenoxy) is 1. The minimum atomic E-state index is -0.384. The Labute approximate surface area is 111 Å². The number of rotatable bonds is 4.